The predicted octanol–water partition coefficient (Wildman–Crippen LogP) is 2.80. The highest BCUT2D eigenvalue weighted by Gasteiger charge is 2.42. The van der Waals surface area contributed by atoms with Gasteiger partial charge in [-0.15, -0.1) is 11.3 Å². The first-order chi connectivity index (χ1) is 10.1. The van der Waals surface area contributed by atoms with E-state index >= 15 is 0 Å². The van der Waals surface area contributed by atoms with Crippen molar-refractivity contribution in [3.05, 3.63) is 47.2 Å². The van der Waals surface area contributed by atoms with E-state index in [-0.39, 0.29) is 11.7 Å². The van der Waals surface area contributed by atoms with Crippen molar-refractivity contribution in [1.82, 2.24) is 4.98 Å². The van der Waals surface area contributed by atoms with E-state index in [1.807, 2.05) is 0 Å². The number of nitrogens with one attached hydrogen (secondary N) is 1. The lowest BCUT2D eigenvalue weighted by Crippen LogP contribution is -2.40. The molecule has 3 rings (SSSR count). The van der Waals surface area contributed by atoms with E-state index in [4.69, 9.17) is 4.84 Å². The van der Waals surface area contributed by atoms with Crippen LogP contribution in [0.2, 0.25) is 0 Å². The fraction of sp³-hybridized carbons (Fsp3) is 0.214. The number of benzene rings is 1. The number of aromatic nitrogens is 1. The Kier molecular flexibility index (Phi) is 3.42. The molecule has 108 valence electrons. The van der Waals surface area contributed by atoms with Crippen LogP contribution in [-0.4, -0.2) is 22.2 Å². The lowest BCUT2D eigenvalue weighted by molar-refractivity contribution is -0.135. The molecule has 0 saturated carbocycles. The van der Waals surface area contributed by atoms with E-state index < -0.39 is 5.60 Å². The molecule has 7 heteroatoms. The zero-order valence-electron chi connectivity index (χ0n) is 11.2. The maximum Gasteiger partial charge on any atom is 0.273 e. The van der Waals surface area contributed by atoms with Crippen molar-refractivity contribution in [2.45, 2.75) is 18.9 Å². The van der Waals surface area contributed by atoms with Crippen molar-refractivity contribution >= 4 is 28.1 Å². The second-order valence-electron chi connectivity index (χ2n) is 4.84. The maximum atomic E-state index is 12.9. The van der Waals surface area contributed by atoms with E-state index in [2.05, 4.69) is 15.5 Å². The zero-order chi connectivity index (χ0) is 14.9. The van der Waals surface area contributed by atoms with Crippen LogP contribution in [-0.2, 0) is 9.63 Å². The average Bonchev–Trinajstić information content (AvgIpc) is 3.10. The van der Waals surface area contributed by atoms with Crippen molar-refractivity contribution in [3.8, 4) is 0 Å². The highest BCUT2D eigenvalue weighted by molar-refractivity contribution is 7.13. The molecule has 0 fully saturated rings. The van der Waals surface area contributed by atoms with Crippen molar-refractivity contribution in [3.63, 3.8) is 0 Å². The predicted molar refractivity (Wildman–Crippen MR) is 77.8 cm³/mol. The molecular weight excluding hydrogens is 293 g/mol. The maximum absolute atomic E-state index is 12.9. The molecule has 1 aliphatic rings. The molecule has 2 heterocycles. The van der Waals surface area contributed by atoms with Gasteiger partial charge in [0.15, 0.2) is 5.13 Å². The molecule has 1 aromatic heterocycles. The molecule has 0 saturated heterocycles. The van der Waals surface area contributed by atoms with Crippen LogP contribution in [0, 0.1) is 5.82 Å². The molecule has 0 spiro atoms. The van der Waals surface area contributed by atoms with Crippen LogP contribution in [0.15, 0.2) is 41.0 Å². The second kappa shape index (κ2) is 5.25. The summed E-state index contributed by atoms with van der Waals surface area (Å²) in [5, 5.41) is 8.94. The van der Waals surface area contributed by atoms with Gasteiger partial charge < -0.3 is 4.84 Å². The van der Waals surface area contributed by atoms with Crippen LogP contribution in [0.5, 0.6) is 0 Å². The van der Waals surface area contributed by atoms with Crippen molar-refractivity contribution in [1.29, 1.82) is 0 Å². The summed E-state index contributed by atoms with van der Waals surface area (Å²) >= 11 is 1.33. The Labute approximate surface area is 124 Å². The van der Waals surface area contributed by atoms with Gasteiger partial charge in [-0.2, -0.15) is 0 Å². The number of amides is 1. The van der Waals surface area contributed by atoms with Gasteiger partial charge >= 0.3 is 0 Å². The minimum absolute atomic E-state index is 0.307. The van der Waals surface area contributed by atoms with Gasteiger partial charge in [-0.25, -0.2) is 9.37 Å². The lowest BCUT2D eigenvalue weighted by Gasteiger charge is -2.19. The lowest BCUT2D eigenvalue weighted by atomic mass is 9.95. The number of anilines is 1. The molecule has 1 amide bonds. The molecule has 1 atom stereocenters. The molecule has 1 unspecified atom stereocenters. The number of hydrogen-bond acceptors (Lipinski definition) is 5. The van der Waals surface area contributed by atoms with E-state index in [0.717, 1.165) is 5.56 Å². The number of hydrogen-bond donors (Lipinski definition) is 1. The van der Waals surface area contributed by atoms with Gasteiger partial charge in [0.25, 0.3) is 5.91 Å². The Morgan fingerprint density at radius 1 is 1.43 bits per heavy atom. The Hall–Kier alpha value is -2.28. The molecule has 1 N–H and O–H groups in total. The molecule has 0 bridgehead atoms. The fourth-order valence-corrected chi connectivity index (χ4v) is 2.50. The third-order valence-electron chi connectivity index (χ3n) is 3.17. The molecule has 0 radical (unpaired) electrons. The number of thiazole rings is 1. The summed E-state index contributed by atoms with van der Waals surface area (Å²) in [6.45, 7) is 1.66. The Balaban J connectivity index is 1.71. The van der Waals surface area contributed by atoms with Gasteiger partial charge in [-0.05, 0) is 24.6 Å². The zero-order valence-corrected chi connectivity index (χ0v) is 12.0. The standard InChI is InChI=1S/C14H12FN3O2S/c1-14(12(19)17-13-16-6-7-21-13)8-11(18-20-14)9-2-4-10(15)5-3-9/h2-7H,8H2,1H3,(H,16,17,19). The first-order valence-electron chi connectivity index (χ1n) is 6.29. The van der Waals surface area contributed by atoms with Crippen LogP contribution >= 0.6 is 11.3 Å². The summed E-state index contributed by atoms with van der Waals surface area (Å²) in [4.78, 5) is 21.6. The molecule has 0 aliphatic carbocycles. The Bertz CT molecular complexity index is 685. The third kappa shape index (κ3) is 2.78. The summed E-state index contributed by atoms with van der Waals surface area (Å²) in [7, 11) is 0. The fourth-order valence-electron chi connectivity index (χ4n) is 1.97. The number of carbonyl (C=O) groups excluding carboxylic acids is 1. The minimum Gasteiger partial charge on any atom is -0.379 e. The summed E-state index contributed by atoms with van der Waals surface area (Å²) in [6, 6.07) is 5.93. The van der Waals surface area contributed by atoms with E-state index in [1.165, 1.54) is 23.5 Å². The van der Waals surface area contributed by atoms with Gasteiger partial charge in [0.1, 0.15) is 5.82 Å². The molecule has 1 aromatic carbocycles. The van der Waals surface area contributed by atoms with Crippen LogP contribution in [0.3, 0.4) is 0 Å². The molecule has 5 nitrogen and oxygen atoms in total. The first-order valence-corrected chi connectivity index (χ1v) is 7.17. The molecule has 21 heavy (non-hydrogen) atoms. The Morgan fingerprint density at radius 2 is 2.19 bits per heavy atom. The second-order valence-corrected chi connectivity index (χ2v) is 5.73. The van der Waals surface area contributed by atoms with Crippen LogP contribution in [0.1, 0.15) is 18.9 Å². The van der Waals surface area contributed by atoms with Crippen molar-refractivity contribution < 1.29 is 14.0 Å². The van der Waals surface area contributed by atoms with Crippen molar-refractivity contribution in [2.75, 3.05) is 5.32 Å². The average molecular weight is 305 g/mol. The van der Waals surface area contributed by atoms with Gasteiger partial charge in [-0.1, -0.05) is 17.3 Å². The van der Waals surface area contributed by atoms with Crippen LogP contribution in [0.4, 0.5) is 9.52 Å². The highest BCUT2D eigenvalue weighted by Crippen LogP contribution is 2.28. The van der Waals surface area contributed by atoms with Gasteiger partial charge in [0, 0.05) is 18.0 Å². The van der Waals surface area contributed by atoms with Crippen LogP contribution < -0.4 is 5.32 Å². The van der Waals surface area contributed by atoms with Crippen molar-refractivity contribution in [2.24, 2.45) is 5.16 Å². The number of oxime groups is 1. The monoisotopic (exact) mass is 305 g/mol. The van der Waals surface area contributed by atoms with Crippen LogP contribution in [0.25, 0.3) is 0 Å². The van der Waals surface area contributed by atoms with Gasteiger partial charge in [0.2, 0.25) is 5.60 Å². The summed E-state index contributed by atoms with van der Waals surface area (Å²) in [5.74, 6) is -0.624. The highest BCUT2D eigenvalue weighted by atomic mass is 32.1. The molecular formula is C14H12FN3O2S. The quantitative estimate of drug-likeness (QED) is 0.948. The van der Waals surface area contributed by atoms with E-state index in [0.29, 0.717) is 17.3 Å². The SMILES string of the molecule is CC1(C(=O)Nc2nccs2)CC(c2ccc(F)cc2)=NO1. The Morgan fingerprint density at radius 3 is 2.86 bits per heavy atom. The normalized spacial score (nSPS) is 20.8. The largest absolute Gasteiger partial charge is 0.379 e. The van der Waals surface area contributed by atoms with E-state index in [1.54, 1.807) is 30.6 Å². The molecule has 1 aliphatic heterocycles. The first kappa shape index (κ1) is 13.7. The molecule has 2 aromatic rings. The summed E-state index contributed by atoms with van der Waals surface area (Å²) in [5.41, 5.74) is 0.268. The van der Waals surface area contributed by atoms with Gasteiger partial charge in [-0.3, -0.25) is 10.1 Å². The minimum atomic E-state index is -1.09. The topological polar surface area (TPSA) is 63.6 Å². The number of halogens is 1. The smallest absolute Gasteiger partial charge is 0.273 e. The third-order valence-corrected chi connectivity index (χ3v) is 3.86. The van der Waals surface area contributed by atoms with E-state index in [9.17, 15) is 9.18 Å². The summed E-state index contributed by atoms with van der Waals surface area (Å²) in [6.07, 6.45) is 1.93. The van der Waals surface area contributed by atoms with Gasteiger partial charge in [0.05, 0.1) is 5.71 Å². The number of nitrogens with zero attached hydrogens (tertiary/aromatic N) is 2. The number of rotatable bonds is 3. The number of carbonyl (C=O) groups is 1. The summed E-state index contributed by atoms with van der Waals surface area (Å²) < 4.78 is 12.9.